The smallest absolute Gasteiger partial charge is 0.0414 e. The molecule has 0 radical (unpaired) electrons. The predicted octanol–water partition coefficient (Wildman–Crippen LogP) is 10.00. The second kappa shape index (κ2) is 19.8. The van der Waals surface area contributed by atoms with Gasteiger partial charge in [0.25, 0.3) is 0 Å². The fraction of sp³-hybridized carbons (Fsp3) is 1.00. The molecule has 0 saturated heterocycles. The molecule has 26 heavy (non-hydrogen) atoms. The largest absolute Gasteiger partial charge is 0.0654 e. The highest BCUT2D eigenvalue weighted by molar-refractivity contribution is 4.63. The molecule has 1 rings (SSSR count). The monoisotopic (exact) mass is 364 g/mol. The van der Waals surface area contributed by atoms with Crippen LogP contribution in [-0.2, 0) is 0 Å². The molecule has 0 unspecified atom stereocenters. The average molecular weight is 365 g/mol. The van der Waals surface area contributed by atoms with Gasteiger partial charge in [-0.3, -0.25) is 0 Å². The van der Waals surface area contributed by atoms with Gasteiger partial charge < -0.3 is 0 Å². The van der Waals surface area contributed by atoms with Crippen LogP contribution in [0.25, 0.3) is 0 Å². The van der Waals surface area contributed by atoms with Gasteiger partial charge in [-0.25, -0.2) is 0 Å². The molecular weight excluding hydrogens is 312 g/mol. The molecule has 1 fully saturated rings. The summed E-state index contributed by atoms with van der Waals surface area (Å²) in [6.07, 6.45) is 36.0. The highest BCUT2D eigenvalue weighted by atomic mass is 14.1. The Balaban J connectivity index is 1.91. The maximum absolute atomic E-state index is 2.31. The summed E-state index contributed by atoms with van der Waals surface area (Å²) in [7, 11) is 0. The first kappa shape index (κ1) is 24.0. The summed E-state index contributed by atoms with van der Waals surface area (Å²) in [4.78, 5) is 0. The van der Waals surface area contributed by atoms with E-state index >= 15 is 0 Å². The van der Waals surface area contributed by atoms with E-state index in [1.165, 1.54) is 154 Å². The van der Waals surface area contributed by atoms with Gasteiger partial charge >= 0.3 is 0 Å². The Bertz CT molecular complexity index is 245. The van der Waals surface area contributed by atoms with E-state index in [9.17, 15) is 0 Å². The molecule has 0 nitrogen and oxygen atoms in total. The van der Waals surface area contributed by atoms with Gasteiger partial charge in [-0.05, 0) is 5.92 Å². The minimum atomic E-state index is 1.07. The molecular formula is C26H52. The summed E-state index contributed by atoms with van der Waals surface area (Å²) in [6.45, 7) is 2.31. The Morgan fingerprint density at radius 1 is 0.423 bits per heavy atom. The zero-order chi connectivity index (χ0) is 18.5. The molecule has 0 heteroatoms. The van der Waals surface area contributed by atoms with Crippen LogP contribution in [0.1, 0.15) is 161 Å². The van der Waals surface area contributed by atoms with Crippen LogP contribution in [-0.4, -0.2) is 0 Å². The number of hydrogen-bond donors (Lipinski definition) is 0. The van der Waals surface area contributed by atoms with E-state index in [0.717, 1.165) is 5.92 Å². The molecule has 0 aliphatic heterocycles. The van der Waals surface area contributed by atoms with Crippen molar-refractivity contribution in [3.8, 4) is 0 Å². The van der Waals surface area contributed by atoms with E-state index < -0.39 is 0 Å². The van der Waals surface area contributed by atoms with Crippen molar-refractivity contribution in [1.82, 2.24) is 0 Å². The highest BCUT2D eigenvalue weighted by Gasteiger charge is 2.09. The lowest BCUT2D eigenvalue weighted by molar-refractivity contribution is 0.360. The molecule has 0 bridgehead atoms. The van der Waals surface area contributed by atoms with Crippen molar-refractivity contribution in [2.75, 3.05) is 0 Å². The normalized spacial score (nSPS) is 18.3. The lowest BCUT2D eigenvalue weighted by atomic mass is 9.89. The van der Waals surface area contributed by atoms with Gasteiger partial charge in [-0.15, -0.1) is 0 Å². The van der Waals surface area contributed by atoms with Crippen LogP contribution in [0.4, 0.5) is 0 Å². The van der Waals surface area contributed by atoms with Crippen LogP contribution in [0.2, 0.25) is 0 Å². The van der Waals surface area contributed by atoms with Crippen molar-refractivity contribution in [2.24, 2.45) is 5.92 Å². The molecule has 0 aromatic heterocycles. The van der Waals surface area contributed by atoms with Gasteiger partial charge in [-0.2, -0.15) is 0 Å². The number of rotatable bonds is 13. The van der Waals surface area contributed by atoms with Crippen LogP contribution in [0.5, 0.6) is 0 Å². The Morgan fingerprint density at radius 3 is 1.19 bits per heavy atom. The van der Waals surface area contributed by atoms with Gasteiger partial charge in [0.1, 0.15) is 0 Å². The molecule has 0 aromatic rings. The van der Waals surface area contributed by atoms with Gasteiger partial charge in [-0.1, -0.05) is 161 Å². The van der Waals surface area contributed by atoms with Gasteiger partial charge in [0.05, 0.1) is 0 Å². The first-order valence-corrected chi connectivity index (χ1v) is 12.9. The zero-order valence-electron chi connectivity index (χ0n) is 18.5. The molecule has 156 valence electrons. The summed E-state index contributed by atoms with van der Waals surface area (Å²) in [5.41, 5.74) is 0. The molecule has 0 aromatic carbocycles. The van der Waals surface area contributed by atoms with Gasteiger partial charge in [0, 0.05) is 0 Å². The molecule has 0 amide bonds. The second-order valence-corrected chi connectivity index (χ2v) is 9.30. The Labute approximate surface area is 167 Å². The van der Waals surface area contributed by atoms with Gasteiger partial charge in [0.2, 0.25) is 0 Å². The molecule has 0 N–H and O–H groups in total. The lowest BCUT2D eigenvalue weighted by Crippen LogP contribution is -2.02. The maximum atomic E-state index is 2.31. The van der Waals surface area contributed by atoms with Crippen molar-refractivity contribution < 1.29 is 0 Å². The maximum Gasteiger partial charge on any atom is -0.0414 e. The fourth-order valence-corrected chi connectivity index (χ4v) is 4.81. The van der Waals surface area contributed by atoms with E-state index in [1.54, 1.807) is 0 Å². The third kappa shape index (κ3) is 16.2. The van der Waals surface area contributed by atoms with Crippen molar-refractivity contribution >= 4 is 0 Å². The van der Waals surface area contributed by atoms with E-state index in [0.29, 0.717) is 0 Å². The minimum Gasteiger partial charge on any atom is -0.0654 e. The van der Waals surface area contributed by atoms with E-state index in [1.807, 2.05) is 0 Å². The van der Waals surface area contributed by atoms with Crippen molar-refractivity contribution in [1.29, 1.82) is 0 Å². The molecule has 0 heterocycles. The number of hydrogen-bond acceptors (Lipinski definition) is 0. The summed E-state index contributed by atoms with van der Waals surface area (Å²) in [5.74, 6) is 1.07. The third-order valence-electron chi connectivity index (χ3n) is 6.69. The molecule has 1 aliphatic rings. The van der Waals surface area contributed by atoms with Crippen molar-refractivity contribution in [3.05, 3.63) is 0 Å². The Morgan fingerprint density at radius 2 is 0.769 bits per heavy atom. The fourth-order valence-electron chi connectivity index (χ4n) is 4.81. The van der Waals surface area contributed by atoms with Crippen LogP contribution in [0.15, 0.2) is 0 Å². The first-order valence-electron chi connectivity index (χ1n) is 12.9. The van der Waals surface area contributed by atoms with Crippen LogP contribution >= 0.6 is 0 Å². The van der Waals surface area contributed by atoms with E-state index in [2.05, 4.69) is 6.92 Å². The average Bonchev–Trinajstić information content (AvgIpc) is 2.64. The first-order chi connectivity index (χ1) is 12.9. The molecule has 1 aliphatic carbocycles. The summed E-state index contributed by atoms with van der Waals surface area (Å²) < 4.78 is 0. The second-order valence-electron chi connectivity index (χ2n) is 9.30. The van der Waals surface area contributed by atoms with Crippen LogP contribution in [0, 0.1) is 5.92 Å². The number of unbranched alkanes of at least 4 members (excludes halogenated alkanes) is 11. The van der Waals surface area contributed by atoms with Crippen LogP contribution < -0.4 is 0 Å². The Hall–Kier alpha value is 0. The predicted molar refractivity (Wildman–Crippen MR) is 120 cm³/mol. The molecule has 0 atom stereocenters. The molecule has 0 spiro atoms. The van der Waals surface area contributed by atoms with Gasteiger partial charge in [0.15, 0.2) is 0 Å². The third-order valence-corrected chi connectivity index (χ3v) is 6.69. The van der Waals surface area contributed by atoms with E-state index in [4.69, 9.17) is 0 Å². The topological polar surface area (TPSA) is 0 Å². The zero-order valence-corrected chi connectivity index (χ0v) is 18.5. The van der Waals surface area contributed by atoms with E-state index in [-0.39, 0.29) is 0 Å². The van der Waals surface area contributed by atoms with Crippen LogP contribution in [0.3, 0.4) is 0 Å². The Kier molecular flexibility index (Phi) is 18.3. The summed E-state index contributed by atoms with van der Waals surface area (Å²) in [6, 6.07) is 0. The van der Waals surface area contributed by atoms with Crippen molar-refractivity contribution in [2.45, 2.75) is 161 Å². The summed E-state index contributed by atoms with van der Waals surface area (Å²) >= 11 is 0. The minimum absolute atomic E-state index is 1.07. The standard InChI is InChI=1S/C26H52/c1-2-3-4-5-6-7-8-9-11-14-17-20-23-26-24-21-18-15-12-10-13-16-19-22-25-26/h26H,2-25H2,1H3. The lowest BCUT2D eigenvalue weighted by Gasteiger charge is -2.17. The highest BCUT2D eigenvalue weighted by Crippen LogP contribution is 2.25. The molecule has 1 saturated carbocycles. The summed E-state index contributed by atoms with van der Waals surface area (Å²) in [5, 5.41) is 0. The quantitative estimate of drug-likeness (QED) is 0.285. The van der Waals surface area contributed by atoms with Crippen molar-refractivity contribution in [3.63, 3.8) is 0 Å². The SMILES string of the molecule is CCCCCCCCCCCCCCC1CCCCCCCCCCC1.